The standard InChI is InChI=1S/C24H30N4O4/c1-16-12-27(9-10-32-16)24(31)22-19-11-18(20-6-3-7-21(29)28(20)22)14-26(15-19)13-17-5-4-8-25(2)23(17)30/h3-8,16,18-19,22H,9-15H2,1-2H3/t16-,18-,19+,22+/m0/s1. The van der Waals surface area contributed by atoms with E-state index in [2.05, 4.69) is 4.90 Å². The fraction of sp³-hybridized carbons (Fsp3) is 0.542. The summed E-state index contributed by atoms with van der Waals surface area (Å²) in [7, 11) is 1.76. The number of nitrogens with zero attached hydrogens (tertiary/aromatic N) is 4. The van der Waals surface area contributed by atoms with Gasteiger partial charge in [-0.25, -0.2) is 0 Å². The summed E-state index contributed by atoms with van der Waals surface area (Å²) in [6.45, 7) is 5.60. The van der Waals surface area contributed by atoms with Gasteiger partial charge >= 0.3 is 0 Å². The van der Waals surface area contributed by atoms with Crippen molar-refractivity contribution in [3.05, 3.63) is 68.5 Å². The molecule has 1 amide bonds. The number of amides is 1. The van der Waals surface area contributed by atoms with E-state index in [1.165, 1.54) is 0 Å². The van der Waals surface area contributed by atoms with E-state index in [-0.39, 0.29) is 35.0 Å². The van der Waals surface area contributed by atoms with Gasteiger partial charge in [-0.3, -0.25) is 23.9 Å². The van der Waals surface area contributed by atoms with Crippen molar-refractivity contribution in [2.24, 2.45) is 13.0 Å². The zero-order chi connectivity index (χ0) is 22.4. The summed E-state index contributed by atoms with van der Waals surface area (Å²) in [5.74, 6) is 0.207. The number of pyridine rings is 2. The van der Waals surface area contributed by atoms with Crippen molar-refractivity contribution >= 4 is 5.91 Å². The third-order valence-electron chi connectivity index (χ3n) is 7.12. The second-order valence-electron chi connectivity index (χ2n) is 9.41. The van der Waals surface area contributed by atoms with E-state index in [1.807, 2.05) is 30.0 Å². The van der Waals surface area contributed by atoms with Crippen LogP contribution >= 0.6 is 0 Å². The van der Waals surface area contributed by atoms with Crippen molar-refractivity contribution in [2.75, 3.05) is 32.8 Å². The van der Waals surface area contributed by atoms with Gasteiger partial charge in [0.15, 0.2) is 0 Å². The summed E-state index contributed by atoms with van der Waals surface area (Å²) in [6.07, 6.45) is 2.63. The Bertz CT molecular complexity index is 1140. The molecule has 4 atom stereocenters. The maximum atomic E-state index is 13.7. The van der Waals surface area contributed by atoms with Gasteiger partial charge in [0.05, 0.1) is 12.7 Å². The Morgan fingerprint density at radius 3 is 2.78 bits per heavy atom. The van der Waals surface area contributed by atoms with Crippen LogP contribution in [0.1, 0.15) is 36.6 Å². The van der Waals surface area contributed by atoms with E-state index >= 15 is 0 Å². The average Bonchev–Trinajstić information content (AvgIpc) is 2.77. The van der Waals surface area contributed by atoms with Crippen LogP contribution in [0, 0.1) is 5.92 Å². The lowest BCUT2D eigenvalue weighted by Gasteiger charge is -2.47. The summed E-state index contributed by atoms with van der Waals surface area (Å²) < 4.78 is 8.97. The minimum atomic E-state index is -0.512. The topological polar surface area (TPSA) is 76.8 Å². The predicted octanol–water partition coefficient (Wildman–Crippen LogP) is 0.955. The van der Waals surface area contributed by atoms with Crippen LogP contribution in [0.5, 0.6) is 0 Å². The van der Waals surface area contributed by atoms with Crippen molar-refractivity contribution in [1.29, 1.82) is 0 Å². The molecule has 0 spiro atoms. The number of fused-ring (bicyclic) bond motifs is 4. The maximum absolute atomic E-state index is 13.7. The summed E-state index contributed by atoms with van der Waals surface area (Å²) in [4.78, 5) is 43.3. The van der Waals surface area contributed by atoms with Gasteiger partial charge in [0.1, 0.15) is 6.04 Å². The highest BCUT2D eigenvalue weighted by Crippen LogP contribution is 2.42. The van der Waals surface area contributed by atoms with Crippen LogP contribution in [0.3, 0.4) is 0 Å². The molecule has 2 aromatic rings. The third kappa shape index (κ3) is 3.71. The van der Waals surface area contributed by atoms with Crippen molar-refractivity contribution in [3.8, 4) is 0 Å². The Hall–Kier alpha value is -2.71. The molecule has 32 heavy (non-hydrogen) atoms. The minimum Gasteiger partial charge on any atom is -0.375 e. The molecule has 0 saturated carbocycles. The summed E-state index contributed by atoms with van der Waals surface area (Å²) >= 11 is 0. The fourth-order valence-electron chi connectivity index (χ4n) is 5.70. The molecule has 0 aliphatic carbocycles. The van der Waals surface area contributed by atoms with Crippen molar-refractivity contribution < 1.29 is 9.53 Å². The number of ether oxygens (including phenoxy) is 1. The van der Waals surface area contributed by atoms with E-state index in [0.717, 1.165) is 24.2 Å². The largest absolute Gasteiger partial charge is 0.375 e. The van der Waals surface area contributed by atoms with Crippen molar-refractivity contribution in [3.63, 3.8) is 0 Å². The number of hydrogen-bond donors (Lipinski definition) is 0. The number of carbonyl (C=O) groups is 1. The number of aromatic nitrogens is 2. The Morgan fingerprint density at radius 2 is 1.97 bits per heavy atom. The molecular formula is C24H30N4O4. The van der Waals surface area contributed by atoms with Gasteiger partial charge in [0.25, 0.3) is 11.1 Å². The summed E-state index contributed by atoms with van der Waals surface area (Å²) in [5.41, 5.74) is 1.58. The van der Waals surface area contributed by atoms with Gasteiger partial charge in [-0.1, -0.05) is 12.1 Å². The van der Waals surface area contributed by atoms with E-state index in [0.29, 0.717) is 32.8 Å². The van der Waals surface area contributed by atoms with Gasteiger partial charge in [0.2, 0.25) is 5.91 Å². The maximum Gasteiger partial charge on any atom is 0.254 e. The van der Waals surface area contributed by atoms with E-state index < -0.39 is 6.04 Å². The SMILES string of the molecule is C[C@H]1CN(C(=O)[C@H]2[C@@H]3C[C@@H](CN(Cc4cccn(C)c4=O)C3)c3cccc(=O)n32)CCO1. The van der Waals surface area contributed by atoms with Gasteiger partial charge in [-0.15, -0.1) is 0 Å². The Kier molecular flexibility index (Phi) is 5.51. The van der Waals surface area contributed by atoms with Crippen LogP contribution in [-0.4, -0.2) is 63.7 Å². The average molecular weight is 439 g/mol. The number of rotatable bonds is 3. The first-order valence-electron chi connectivity index (χ1n) is 11.4. The Balaban J connectivity index is 1.48. The minimum absolute atomic E-state index is 0.00634. The first-order valence-corrected chi connectivity index (χ1v) is 11.4. The molecule has 2 bridgehead atoms. The second kappa shape index (κ2) is 8.33. The molecule has 0 aromatic carbocycles. The highest BCUT2D eigenvalue weighted by Gasteiger charge is 2.45. The summed E-state index contributed by atoms with van der Waals surface area (Å²) in [5, 5.41) is 0. The number of aryl methyl sites for hydroxylation is 1. The lowest BCUT2D eigenvalue weighted by atomic mass is 9.77. The van der Waals surface area contributed by atoms with Gasteiger partial charge in [-0.2, -0.15) is 0 Å². The molecular weight excluding hydrogens is 408 g/mol. The quantitative estimate of drug-likeness (QED) is 0.713. The van der Waals surface area contributed by atoms with Crippen LogP contribution < -0.4 is 11.1 Å². The molecule has 5 heterocycles. The Morgan fingerprint density at radius 1 is 1.12 bits per heavy atom. The highest BCUT2D eigenvalue weighted by atomic mass is 16.5. The Labute approximate surface area is 187 Å². The second-order valence-corrected chi connectivity index (χ2v) is 9.41. The number of likely N-dealkylation sites (tertiary alicyclic amines) is 1. The smallest absolute Gasteiger partial charge is 0.254 e. The van der Waals surface area contributed by atoms with E-state index in [4.69, 9.17) is 4.74 Å². The molecule has 0 N–H and O–H groups in total. The van der Waals surface area contributed by atoms with Gasteiger partial charge in [-0.05, 0) is 25.5 Å². The summed E-state index contributed by atoms with van der Waals surface area (Å²) in [6, 6.07) is 8.58. The number of morpholine rings is 1. The fourth-order valence-corrected chi connectivity index (χ4v) is 5.70. The van der Waals surface area contributed by atoms with Crippen LogP contribution in [0.25, 0.3) is 0 Å². The highest BCUT2D eigenvalue weighted by molar-refractivity contribution is 5.81. The molecule has 2 fully saturated rings. The van der Waals surface area contributed by atoms with Crippen LogP contribution in [0.2, 0.25) is 0 Å². The molecule has 8 heteroatoms. The predicted molar refractivity (Wildman–Crippen MR) is 120 cm³/mol. The number of carbonyl (C=O) groups excluding carboxylic acids is 1. The third-order valence-corrected chi connectivity index (χ3v) is 7.12. The number of hydrogen-bond acceptors (Lipinski definition) is 5. The van der Waals surface area contributed by atoms with Crippen LogP contribution in [0.4, 0.5) is 0 Å². The number of piperidine rings is 1. The molecule has 3 aliphatic heterocycles. The molecule has 170 valence electrons. The molecule has 8 nitrogen and oxygen atoms in total. The zero-order valence-electron chi connectivity index (χ0n) is 18.6. The lowest BCUT2D eigenvalue weighted by Crippen LogP contribution is -2.55. The first-order chi connectivity index (χ1) is 15.4. The molecule has 3 aliphatic rings. The molecule has 0 unspecified atom stereocenters. The first kappa shape index (κ1) is 21.2. The zero-order valence-corrected chi connectivity index (χ0v) is 18.6. The van der Waals surface area contributed by atoms with Crippen molar-refractivity contribution in [2.45, 2.75) is 38.0 Å². The lowest BCUT2D eigenvalue weighted by molar-refractivity contribution is -0.145. The van der Waals surface area contributed by atoms with E-state index in [1.54, 1.807) is 34.5 Å². The molecule has 2 saturated heterocycles. The van der Waals surface area contributed by atoms with Crippen molar-refractivity contribution in [1.82, 2.24) is 18.9 Å². The molecule has 5 rings (SSSR count). The van der Waals surface area contributed by atoms with Crippen LogP contribution in [-0.2, 0) is 23.1 Å². The van der Waals surface area contributed by atoms with E-state index in [9.17, 15) is 14.4 Å². The molecule has 2 aromatic heterocycles. The van der Waals surface area contributed by atoms with Gasteiger partial charge < -0.3 is 14.2 Å². The molecule has 0 radical (unpaired) electrons. The monoisotopic (exact) mass is 438 g/mol. The van der Waals surface area contributed by atoms with Crippen LogP contribution in [0.15, 0.2) is 46.1 Å². The normalized spacial score (nSPS) is 27.8. The van der Waals surface area contributed by atoms with Gasteiger partial charge in [0, 0.05) is 75.1 Å².